The Morgan fingerprint density at radius 3 is 2.53 bits per heavy atom. The van der Waals surface area contributed by atoms with Crippen LogP contribution in [0.15, 0.2) is 34.7 Å². The van der Waals surface area contributed by atoms with Crippen molar-refractivity contribution < 1.29 is 9.15 Å². The van der Waals surface area contributed by atoms with Crippen LogP contribution >= 0.6 is 23.2 Å². The molecule has 0 saturated carbocycles. The molecule has 0 saturated heterocycles. The Labute approximate surface area is 110 Å². The molecule has 0 N–H and O–H groups in total. The Bertz CT molecular complexity index is 520. The first-order valence-electron chi connectivity index (χ1n) is 5.15. The number of rotatable bonds is 3. The standard InChI is InChI=1S/C13H12Cl2O2/c1-8-3-5-12(17-8)13(15)9-4-6-11(16-2)10(14)7-9/h3-7,13H,1-2H3. The molecule has 1 aromatic carbocycles. The molecule has 0 radical (unpaired) electrons. The summed E-state index contributed by atoms with van der Waals surface area (Å²) in [5, 5.41) is 0.200. The first-order chi connectivity index (χ1) is 8.11. The SMILES string of the molecule is COc1ccc(C(Cl)c2ccc(C)o2)cc1Cl. The van der Waals surface area contributed by atoms with Crippen LogP contribution in [-0.4, -0.2) is 7.11 Å². The van der Waals surface area contributed by atoms with Crippen molar-refractivity contribution >= 4 is 23.2 Å². The average Bonchev–Trinajstić information content (AvgIpc) is 2.75. The number of furan rings is 1. The largest absolute Gasteiger partial charge is 0.495 e. The van der Waals surface area contributed by atoms with Gasteiger partial charge in [-0.05, 0) is 36.8 Å². The van der Waals surface area contributed by atoms with E-state index in [1.807, 2.05) is 25.1 Å². The minimum atomic E-state index is -0.341. The second-order valence-corrected chi connectivity index (χ2v) is 4.55. The summed E-state index contributed by atoms with van der Waals surface area (Å²) in [5.74, 6) is 2.19. The molecule has 1 atom stereocenters. The van der Waals surface area contributed by atoms with Gasteiger partial charge in [0.25, 0.3) is 0 Å². The van der Waals surface area contributed by atoms with Gasteiger partial charge in [0.2, 0.25) is 0 Å². The number of halogens is 2. The van der Waals surface area contributed by atoms with Crippen molar-refractivity contribution in [3.8, 4) is 5.75 Å². The number of methoxy groups -OCH3 is 1. The van der Waals surface area contributed by atoms with Crippen LogP contribution < -0.4 is 4.74 Å². The van der Waals surface area contributed by atoms with Gasteiger partial charge in [0.15, 0.2) is 0 Å². The number of aryl methyl sites for hydroxylation is 1. The molecule has 2 aromatic rings. The highest BCUT2D eigenvalue weighted by Crippen LogP contribution is 2.34. The van der Waals surface area contributed by atoms with Gasteiger partial charge in [-0.1, -0.05) is 17.7 Å². The predicted octanol–water partition coefficient (Wildman–Crippen LogP) is 4.58. The number of ether oxygens (including phenoxy) is 1. The van der Waals surface area contributed by atoms with E-state index in [0.29, 0.717) is 16.5 Å². The molecule has 4 heteroatoms. The van der Waals surface area contributed by atoms with E-state index in [-0.39, 0.29) is 5.38 Å². The number of alkyl halides is 1. The summed E-state index contributed by atoms with van der Waals surface area (Å²) >= 11 is 12.4. The van der Waals surface area contributed by atoms with Gasteiger partial charge >= 0.3 is 0 Å². The number of hydrogen-bond donors (Lipinski definition) is 0. The highest BCUT2D eigenvalue weighted by atomic mass is 35.5. The molecule has 1 heterocycles. The molecule has 0 spiro atoms. The van der Waals surface area contributed by atoms with E-state index in [4.69, 9.17) is 32.4 Å². The van der Waals surface area contributed by atoms with E-state index in [0.717, 1.165) is 11.3 Å². The van der Waals surface area contributed by atoms with Crippen LogP contribution in [0.5, 0.6) is 5.75 Å². The molecule has 0 aliphatic rings. The van der Waals surface area contributed by atoms with Crippen LogP contribution in [0, 0.1) is 6.92 Å². The molecule has 1 unspecified atom stereocenters. The van der Waals surface area contributed by atoms with Crippen molar-refractivity contribution in [2.75, 3.05) is 7.11 Å². The summed E-state index contributed by atoms with van der Waals surface area (Å²) in [6, 6.07) is 9.21. The molecule has 0 bridgehead atoms. The van der Waals surface area contributed by atoms with E-state index < -0.39 is 0 Å². The summed E-state index contributed by atoms with van der Waals surface area (Å²) in [6.45, 7) is 1.88. The summed E-state index contributed by atoms with van der Waals surface area (Å²) in [4.78, 5) is 0. The summed E-state index contributed by atoms with van der Waals surface area (Å²) in [5.41, 5.74) is 0.881. The monoisotopic (exact) mass is 270 g/mol. The third-order valence-corrected chi connectivity index (χ3v) is 3.24. The molecule has 0 aliphatic heterocycles. The molecule has 0 amide bonds. The Morgan fingerprint density at radius 1 is 1.24 bits per heavy atom. The fraction of sp³-hybridized carbons (Fsp3) is 0.231. The molecule has 2 nitrogen and oxygen atoms in total. The zero-order chi connectivity index (χ0) is 12.4. The molecule has 0 fully saturated rings. The highest BCUT2D eigenvalue weighted by molar-refractivity contribution is 6.32. The average molecular weight is 271 g/mol. The zero-order valence-corrected chi connectivity index (χ0v) is 11.0. The topological polar surface area (TPSA) is 22.4 Å². The van der Waals surface area contributed by atoms with Crippen LogP contribution in [0.25, 0.3) is 0 Å². The second kappa shape index (κ2) is 5.03. The molecule has 1 aromatic heterocycles. The molecule has 90 valence electrons. The molecule has 2 rings (SSSR count). The van der Waals surface area contributed by atoms with Crippen molar-refractivity contribution in [1.82, 2.24) is 0 Å². The lowest BCUT2D eigenvalue weighted by Gasteiger charge is -2.09. The van der Waals surface area contributed by atoms with Crippen molar-refractivity contribution in [1.29, 1.82) is 0 Å². The fourth-order valence-corrected chi connectivity index (χ4v) is 2.11. The smallest absolute Gasteiger partial charge is 0.137 e. The quantitative estimate of drug-likeness (QED) is 0.762. The van der Waals surface area contributed by atoms with E-state index in [2.05, 4.69) is 0 Å². The lowest BCUT2D eigenvalue weighted by Crippen LogP contribution is -1.92. The van der Waals surface area contributed by atoms with Gasteiger partial charge in [0.05, 0.1) is 12.1 Å². The van der Waals surface area contributed by atoms with Gasteiger partial charge in [0.1, 0.15) is 22.6 Å². The molecule has 0 aliphatic carbocycles. The van der Waals surface area contributed by atoms with Crippen LogP contribution in [0.4, 0.5) is 0 Å². The second-order valence-electron chi connectivity index (χ2n) is 3.70. The first kappa shape index (κ1) is 12.3. The van der Waals surface area contributed by atoms with Crippen LogP contribution in [0.1, 0.15) is 22.5 Å². The maximum atomic E-state index is 6.32. The lowest BCUT2D eigenvalue weighted by atomic mass is 10.1. The summed E-state index contributed by atoms with van der Waals surface area (Å²) in [6.07, 6.45) is 0. The number of hydrogen-bond acceptors (Lipinski definition) is 2. The van der Waals surface area contributed by atoms with Gasteiger partial charge in [-0.15, -0.1) is 11.6 Å². The maximum absolute atomic E-state index is 6.32. The van der Waals surface area contributed by atoms with Gasteiger partial charge in [-0.25, -0.2) is 0 Å². The van der Waals surface area contributed by atoms with Crippen LogP contribution in [0.3, 0.4) is 0 Å². The van der Waals surface area contributed by atoms with Gasteiger partial charge in [0, 0.05) is 0 Å². The Hall–Kier alpha value is -1.12. The Morgan fingerprint density at radius 2 is 2.00 bits per heavy atom. The number of benzene rings is 1. The highest BCUT2D eigenvalue weighted by Gasteiger charge is 2.15. The zero-order valence-electron chi connectivity index (χ0n) is 9.54. The van der Waals surface area contributed by atoms with Gasteiger partial charge in [-0.3, -0.25) is 0 Å². The maximum Gasteiger partial charge on any atom is 0.137 e. The van der Waals surface area contributed by atoms with Crippen LogP contribution in [-0.2, 0) is 0 Å². The van der Waals surface area contributed by atoms with Crippen molar-refractivity contribution in [2.24, 2.45) is 0 Å². The first-order valence-corrected chi connectivity index (χ1v) is 5.97. The molecular formula is C13H12Cl2O2. The third kappa shape index (κ3) is 2.59. The Kier molecular flexibility index (Phi) is 3.65. The van der Waals surface area contributed by atoms with Gasteiger partial charge < -0.3 is 9.15 Å². The van der Waals surface area contributed by atoms with Crippen LogP contribution in [0.2, 0.25) is 5.02 Å². The molecular weight excluding hydrogens is 259 g/mol. The summed E-state index contributed by atoms with van der Waals surface area (Å²) < 4.78 is 10.6. The van der Waals surface area contributed by atoms with E-state index >= 15 is 0 Å². The molecule has 17 heavy (non-hydrogen) atoms. The van der Waals surface area contributed by atoms with Crippen molar-refractivity contribution in [3.63, 3.8) is 0 Å². The van der Waals surface area contributed by atoms with Crippen molar-refractivity contribution in [3.05, 3.63) is 52.4 Å². The predicted molar refractivity (Wildman–Crippen MR) is 69.1 cm³/mol. The minimum Gasteiger partial charge on any atom is -0.495 e. The minimum absolute atomic E-state index is 0.341. The van der Waals surface area contributed by atoms with E-state index in [9.17, 15) is 0 Å². The van der Waals surface area contributed by atoms with Gasteiger partial charge in [-0.2, -0.15) is 0 Å². The fourth-order valence-electron chi connectivity index (χ4n) is 1.59. The third-order valence-electron chi connectivity index (χ3n) is 2.48. The normalized spacial score (nSPS) is 12.5. The van der Waals surface area contributed by atoms with E-state index in [1.165, 1.54) is 0 Å². The van der Waals surface area contributed by atoms with E-state index in [1.54, 1.807) is 19.2 Å². The van der Waals surface area contributed by atoms with Crippen molar-refractivity contribution in [2.45, 2.75) is 12.3 Å². The Balaban J connectivity index is 2.31. The summed E-state index contributed by atoms with van der Waals surface area (Å²) in [7, 11) is 1.58. The lowest BCUT2D eigenvalue weighted by molar-refractivity contribution is 0.415.